The van der Waals surface area contributed by atoms with Crippen molar-refractivity contribution in [2.75, 3.05) is 59.0 Å². The molecule has 9 nitrogen and oxygen atoms in total. The van der Waals surface area contributed by atoms with Gasteiger partial charge in [-0.05, 0) is 36.2 Å². The average molecular weight is 444 g/mol. The number of hydrogen-bond acceptors (Lipinski definition) is 8. The van der Waals surface area contributed by atoms with Crippen molar-refractivity contribution in [2.24, 2.45) is 0 Å². The number of carbonyl (C=O) groups excluding carboxylic acids is 2. The summed E-state index contributed by atoms with van der Waals surface area (Å²) in [5, 5.41) is 0. The van der Waals surface area contributed by atoms with Crippen LogP contribution in [0.3, 0.4) is 0 Å². The van der Waals surface area contributed by atoms with Crippen molar-refractivity contribution in [1.82, 2.24) is 9.88 Å². The largest absolute Gasteiger partial charge is 0.493 e. The number of aromatic nitrogens is 1. The number of rotatable bonds is 9. The lowest BCUT2D eigenvalue weighted by Crippen LogP contribution is -2.50. The fourth-order valence-corrected chi connectivity index (χ4v) is 3.56. The number of amides is 1. The summed E-state index contributed by atoms with van der Waals surface area (Å²) in [4.78, 5) is 32.8. The monoisotopic (exact) mass is 443 g/mol. The van der Waals surface area contributed by atoms with Crippen molar-refractivity contribution in [2.45, 2.75) is 12.8 Å². The molecule has 1 aliphatic rings. The molecule has 0 N–H and O–H groups in total. The van der Waals surface area contributed by atoms with Gasteiger partial charge in [-0.15, -0.1) is 0 Å². The minimum absolute atomic E-state index is 0.138. The van der Waals surface area contributed by atoms with Crippen LogP contribution in [0, 0.1) is 0 Å². The van der Waals surface area contributed by atoms with E-state index in [-0.39, 0.29) is 18.9 Å². The first-order valence-electron chi connectivity index (χ1n) is 10.4. The second kappa shape index (κ2) is 11.2. The average Bonchev–Trinajstić information content (AvgIpc) is 2.85. The molecule has 2 heterocycles. The standard InChI is InChI=1S/C23H29N3O6/c1-29-18-14-17(15-19(30-2)23(18)31-3)7-8-22(28)32-16-21(27)26-12-10-25(11-13-26)20-6-4-5-9-24-20/h4-6,9,14-15H,7-8,10-13,16H2,1-3H3. The Morgan fingerprint density at radius 1 is 0.969 bits per heavy atom. The van der Waals surface area contributed by atoms with Gasteiger partial charge in [0, 0.05) is 38.8 Å². The number of benzene rings is 1. The molecule has 172 valence electrons. The maximum Gasteiger partial charge on any atom is 0.306 e. The Hall–Kier alpha value is -3.49. The summed E-state index contributed by atoms with van der Waals surface area (Å²) >= 11 is 0. The number of esters is 1. The number of pyridine rings is 1. The third-order valence-corrected chi connectivity index (χ3v) is 5.30. The minimum Gasteiger partial charge on any atom is -0.493 e. The van der Waals surface area contributed by atoms with Gasteiger partial charge in [0.25, 0.3) is 5.91 Å². The molecule has 1 aromatic carbocycles. The molecule has 1 saturated heterocycles. The van der Waals surface area contributed by atoms with Crippen molar-refractivity contribution in [3.8, 4) is 17.2 Å². The van der Waals surface area contributed by atoms with Gasteiger partial charge in [-0.3, -0.25) is 9.59 Å². The van der Waals surface area contributed by atoms with Gasteiger partial charge in [-0.25, -0.2) is 4.98 Å². The third-order valence-electron chi connectivity index (χ3n) is 5.30. The Balaban J connectivity index is 1.44. The van der Waals surface area contributed by atoms with Gasteiger partial charge in [0.05, 0.1) is 21.3 Å². The number of methoxy groups -OCH3 is 3. The Labute approximate surface area is 187 Å². The highest BCUT2D eigenvalue weighted by Gasteiger charge is 2.22. The molecule has 0 bridgehead atoms. The van der Waals surface area contributed by atoms with Gasteiger partial charge in [0.1, 0.15) is 5.82 Å². The lowest BCUT2D eigenvalue weighted by molar-refractivity contribution is -0.152. The predicted octanol–water partition coefficient (Wildman–Crippen LogP) is 1.93. The van der Waals surface area contributed by atoms with Crippen LogP contribution < -0.4 is 19.1 Å². The topological polar surface area (TPSA) is 90.4 Å². The molecule has 0 aliphatic carbocycles. The van der Waals surface area contributed by atoms with Crippen molar-refractivity contribution >= 4 is 17.7 Å². The van der Waals surface area contributed by atoms with E-state index >= 15 is 0 Å². The molecule has 1 fully saturated rings. The van der Waals surface area contributed by atoms with Gasteiger partial charge < -0.3 is 28.7 Å². The molecule has 0 spiro atoms. The number of nitrogens with zero attached hydrogens (tertiary/aromatic N) is 3. The zero-order valence-electron chi connectivity index (χ0n) is 18.7. The molecular weight excluding hydrogens is 414 g/mol. The first-order chi connectivity index (χ1) is 15.5. The maximum absolute atomic E-state index is 12.4. The van der Waals surface area contributed by atoms with E-state index in [1.807, 2.05) is 18.2 Å². The lowest BCUT2D eigenvalue weighted by atomic mass is 10.1. The van der Waals surface area contributed by atoms with Crippen molar-refractivity contribution in [3.63, 3.8) is 0 Å². The summed E-state index contributed by atoms with van der Waals surface area (Å²) in [5.74, 6) is 1.82. The molecule has 9 heteroatoms. The minimum atomic E-state index is -0.431. The van der Waals surface area contributed by atoms with Crippen molar-refractivity contribution in [3.05, 3.63) is 42.1 Å². The van der Waals surface area contributed by atoms with Crippen LogP contribution in [0.1, 0.15) is 12.0 Å². The van der Waals surface area contributed by atoms with E-state index in [2.05, 4.69) is 9.88 Å². The molecular formula is C23H29N3O6. The summed E-state index contributed by atoms with van der Waals surface area (Å²) in [7, 11) is 4.61. The molecule has 0 atom stereocenters. The fraction of sp³-hybridized carbons (Fsp3) is 0.435. The van der Waals surface area contributed by atoms with E-state index < -0.39 is 5.97 Å². The van der Waals surface area contributed by atoms with Crippen LogP contribution in [-0.2, 0) is 20.7 Å². The number of piperazine rings is 1. The highest BCUT2D eigenvalue weighted by Crippen LogP contribution is 2.38. The van der Waals surface area contributed by atoms with Crippen LogP contribution in [0.2, 0.25) is 0 Å². The van der Waals surface area contributed by atoms with Crippen LogP contribution >= 0.6 is 0 Å². The summed E-state index contributed by atoms with van der Waals surface area (Å²) < 4.78 is 21.2. The Morgan fingerprint density at radius 3 is 2.22 bits per heavy atom. The van der Waals surface area contributed by atoms with Crippen LogP contribution in [0.4, 0.5) is 5.82 Å². The molecule has 1 amide bonds. The Bertz CT molecular complexity index is 888. The highest BCUT2D eigenvalue weighted by molar-refractivity contribution is 5.81. The first-order valence-corrected chi connectivity index (χ1v) is 10.4. The van der Waals surface area contributed by atoms with E-state index in [0.717, 1.165) is 11.4 Å². The zero-order valence-corrected chi connectivity index (χ0v) is 18.7. The summed E-state index contributed by atoms with van der Waals surface area (Å²) in [5.41, 5.74) is 0.841. The Kier molecular flexibility index (Phi) is 8.13. The smallest absolute Gasteiger partial charge is 0.306 e. The molecule has 1 aromatic heterocycles. The van der Waals surface area contributed by atoms with E-state index in [9.17, 15) is 9.59 Å². The molecule has 32 heavy (non-hydrogen) atoms. The summed E-state index contributed by atoms with van der Waals surface area (Å²) in [6.07, 6.45) is 2.32. The van der Waals surface area contributed by atoms with Gasteiger partial charge >= 0.3 is 5.97 Å². The van der Waals surface area contributed by atoms with Gasteiger partial charge in [-0.2, -0.15) is 0 Å². The van der Waals surface area contributed by atoms with Crippen molar-refractivity contribution < 1.29 is 28.5 Å². The number of anilines is 1. The normalized spacial score (nSPS) is 13.5. The molecule has 1 aliphatic heterocycles. The van der Waals surface area contributed by atoms with Gasteiger partial charge in [0.2, 0.25) is 5.75 Å². The molecule has 0 unspecified atom stereocenters. The van der Waals surface area contributed by atoms with Gasteiger partial charge in [-0.1, -0.05) is 6.07 Å². The second-order valence-electron chi connectivity index (χ2n) is 7.25. The SMILES string of the molecule is COc1cc(CCC(=O)OCC(=O)N2CCN(c3ccccn3)CC2)cc(OC)c1OC. The van der Waals surface area contributed by atoms with Crippen LogP contribution in [0.25, 0.3) is 0 Å². The fourth-order valence-electron chi connectivity index (χ4n) is 3.56. The zero-order chi connectivity index (χ0) is 22.9. The van der Waals surface area contributed by atoms with E-state index in [4.69, 9.17) is 18.9 Å². The number of aryl methyl sites for hydroxylation is 1. The molecule has 3 rings (SSSR count). The molecule has 2 aromatic rings. The third kappa shape index (κ3) is 5.81. The van der Waals surface area contributed by atoms with E-state index in [1.165, 1.54) is 21.3 Å². The van der Waals surface area contributed by atoms with Crippen LogP contribution in [0.5, 0.6) is 17.2 Å². The predicted molar refractivity (Wildman–Crippen MR) is 118 cm³/mol. The highest BCUT2D eigenvalue weighted by atomic mass is 16.5. The van der Waals surface area contributed by atoms with Crippen molar-refractivity contribution in [1.29, 1.82) is 0 Å². The van der Waals surface area contributed by atoms with E-state index in [0.29, 0.717) is 49.8 Å². The molecule has 0 radical (unpaired) electrons. The van der Waals surface area contributed by atoms with Crippen LogP contribution in [0.15, 0.2) is 36.5 Å². The number of carbonyl (C=O) groups is 2. The summed E-state index contributed by atoms with van der Waals surface area (Å²) in [6, 6.07) is 9.35. The first kappa shape index (κ1) is 23.2. The molecule has 0 saturated carbocycles. The summed E-state index contributed by atoms with van der Waals surface area (Å²) in [6.45, 7) is 2.27. The lowest BCUT2D eigenvalue weighted by Gasteiger charge is -2.35. The van der Waals surface area contributed by atoms with E-state index in [1.54, 1.807) is 23.2 Å². The maximum atomic E-state index is 12.4. The van der Waals surface area contributed by atoms with Gasteiger partial charge in [0.15, 0.2) is 18.1 Å². The van der Waals surface area contributed by atoms with Crippen LogP contribution in [-0.4, -0.2) is 75.9 Å². The number of hydrogen-bond donors (Lipinski definition) is 0. The quantitative estimate of drug-likeness (QED) is 0.543. The Morgan fingerprint density at radius 2 is 1.66 bits per heavy atom. The second-order valence-corrected chi connectivity index (χ2v) is 7.25. The number of ether oxygens (including phenoxy) is 4.